The number of nitrogens with zero attached hydrogens (tertiary/aromatic N) is 1. The maximum atomic E-state index is 11.5. The third kappa shape index (κ3) is 9.75. The number of nitrogens with one attached hydrogen (secondary N) is 1. The summed E-state index contributed by atoms with van der Waals surface area (Å²) in [7, 11) is 0. The van der Waals surface area contributed by atoms with Gasteiger partial charge in [0.25, 0.3) is 0 Å². The number of benzene rings is 1. The molecule has 0 aromatic heterocycles. The molecule has 1 aromatic carbocycles. The summed E-state index contributed by atoms with van der Waals surface area (Å²) in [5.41, 5.74) is 2.03. The Morgan fingerprint density at radius 3 is 2.09 bits per heavy atom. The van der Waals surface area contributed by atoms with Crippen molar-refractivity contribution in [1.82, 2.24) is 0 Å². The van der Waals surface area contributed by atoms with Crippen LogP contribution in [0.5, 0.6) is 0 Å². The van der Waals surface area contributed by atoms with Crippen LogP contribution in [-0.2, 0) is 29.9 Å². The van der Waals surface area contributed by atoms with E-state index in [9.17, 15) is 4.79 Å². The fourth-order valence-corrected chi connectivity index (χ4v) is 1.61. The van der Waals surface area contributed by atoms with Crippen molar-refractivity contribution in [3.05, 3.63) is 35.1 Å². The summed E-state index contributed by atoms with van der Waals surface area (Å²) in [6, 6.07) is 7.87. The zero-order chi connectivity index (χ0) is 16.1. The van der Waals surface area contributed by atoms with Crippen LogP contribution in [0.4, 0.5) is 10.5 Å². The van der Waals surface area contributed by atoms with Gasteiger partial charge in [-0.25, -0.2) is 0 Å². The van der Waals surface area contributed by atoms with Crippen molar-refractivity contribution in [2.75, 3.05) is 11.9 Å². The predicted molar refractivity (Wildman–Crippen MR) is 87.7 cm³/mol. The number of ether oxygens (including phenoxy) is 1. The fourth-order valence-electron chi connectivity index (χ4n) is 1.61. The molecule has 0 spiro atoms. The second-order valence-electron chi connectivity index (χ2n) is 7.50. The van der Waals surface area contributed by atoms with Crippen LogP contribution in [0.15, 0.2) is 24.3 Å². The predicted octanol–water partition coefficient (Wildman–Crippen LogP) is 4.95. The van der Waals surface area contributed by atoms with Crippen molar-refractivity contribution in [1.29, 1.82) is 0 Å². The number of anilines is 1. The molecule has 0 fully saturated rings. The van der Waals surface area contributed by atoms with E-state index in [1.54, 1.807) is 0 Å². The van der Waals surface area contributed by atoms with Crippen LogP contribution in [0.25, 0.3) is 5.32 Å². The third-order valence-corrected chi connectivity index (χ3v) is 2.52. The van der Waals surface area contributed by atoms with Crippen LogP contribution >= 0.6 is 0 Å². The van der Waals surface area contributed by atoms with Gasteiger partial charge in [0.2, 0.25) is 6.09 Å². The van der Waals surface area contributed by atoms with E-state index in [1.807, 2.05) is 45.0 Å². The van der Waals surface area contributed by atoms with Gasteiger partial charge in [-0.1, -0.05) is 38.3 Å². The first kappa shape index (κ1) is 20.9. The molecular weight excluding hydrogens is 315 g/mol. The Morgan fingerprint density at radius 1 is 1.09 bits per heavy atom. The van der Waals surface area contributed by atoms with Gasteiger partial charge in [-0.2, -0.15) is 0 Å². The number of rotatable bonds is 4. The third-order valence-electron chi connectivity index (χ3n) is 2.52. The molecule has 0 aliphatic rings. The smallest absolute Gasteiger partial charge is 0.229 e. The zero-order valence-electron chi connectivity index (χ0n) is 14.4. The number of hydrogen-bond donors (Lipinski definition) is 1. The van der Waals surface area contributed by atoms with E-state index in [0.717, 1.165) is 11.3 Å². The average Bonchev–Trinajstić information content (AvgIpc) is 2.33. The van der Waals surface area contributed by atoms with Crippen LogP contribution in [0, 0.1) is 5.41 Å². The number of amides is 1. The topological polar surface area (TPSA) is 52.4 Å². The number of hydrogen-bond acceptors (Lipinski definition) is 3. The Kier molecular flexibility index (Phi) is 8.06. The molecule has 123 valence electrons. The molecule has 1 rings (SSSR count). The molecule has 1 aromatic rings. The van der Waals surface area contributed by atoms with Gasteiger partial charge >= 0.3 is 0 Å². The summed E-state index contributed by atoms with van der Waals surface area (Å²) < 4.78 is 5.14. The van der Waals surface area contributed by atoms with Gasteiger partial charge in [0.1, 0.15) is 6.61 Å². The van der Waals surface area contributed by atoms with E-state index in [2.05, 4.69) is 31.4 Å². The molecule has 0 saturated heterocycles. The van der Waals surface area contributed by atoms with Crippen LogP contribution in [0.2, 0.25) is 0 Å². The maximum Gasteiger partial charge on any atom is 0.229 e. The Bertz CT molecular complexity index is 459. The van der Waals surface area contributed by atoms with Crippen molar-refractivity contribution in [3.63, 3.8) is 0 Å². The molecule has 1 N–H and O–H groups in total. The molecule has 0 atom stereocenters. The van der Waals surface area contributed by atoms with Gasteiger partial charge < -0.3 is 15.4 Å². The van der Waals surface area contributed by atoms with Crippen molar-refractivity contribution in [2.24, 2.45) is 5.41 Å². The van der Waals surface area contributed by atoms with Crippen LogP contribution in [-0.4, -0.2) is 18.2 Å². The van der Waals surface area contributed by atoms with E-state index < -0.39 is 6.09 Å². The number of carbonyl (C=O) groups excluding carboxylic acids is 1. The molecule has 0 aliphatic heterocycles. The monoisotopic (exact) mass is 342 g/mol. The summed E-state index contributed by atoms with van der Waals surface area (Å²) >= 11 is 0. The summed E-state index contributed by atoms with van der Waals surface area (Å²) in [6.07, 6.45) is -0.498. The molecule has 5 heteroatoms. The quantitative estimate of drug-likeness (QED) is 0.842. The Morgan fingerprint density at radius 2 is 1.64 bits per heavy atom. The second-order valence-corrected chi connectivity index (χ2v) is 7.50. The Hall–Kier alpha value is -1.13. The largest absolute Gasteiger partial charge is 0.617 e. The summed E-state index contributed by atoms with van der Waals surface area (Å²) in [6.45, 7) is 13.2. The van der Waals surface area contributed by atoms with Crippen LogP contribution in [0.1, 0.15) is 47.1 Å². The van der Waals surface area contributed by atoms with Crippen molar-refractivity contribution < 1.29 is 28.1 Å². The van der Waals surface area contributed by atoms with Gasteiger partial charge in [-0.3, -0.25) is 4.79 Å². The summed E-state index contributed by atoms with van der Waals surface area (Å²) in [4.78, 5) is 11.5. The first-order chi connectivity index (χ1) is 9.55. The Labute approximate surface area is 146 Å². The number of carbonyl (C=O) groups is 1. The molecule has 1 radical (unpaired) electrons. The van der Waals surface area contributed by atoms with Gasteiger partial charge in [0.15, 0.2) is 0 Å². The summed E-state index contributed by atoms with van der Waals surface area (Å²) in [5, 5.41) is 7.29. The average molecular weight is 342 g/mol. The van der Waals surface area contributed by atoms with Gasteiger partial charge in [-0.15, -0.1) is 6.54 Å². The van der Waals surface area contributed by atoms with E-state index in [4.69, 9.17) is 4.74 Å². The molecule has 0 unspecified atom stereocenters. The molecule has 0 bridgehead atoms. The SMILES string of the molecule is CC(C)(C)C[N-]C(=O)OCc1ccc(NC(C)(C)C)cc1.[V]. The summed E-state index contributed by atoms with van der Waals surface area (Å²) in [5.74, 6) is 0. The van der Waals surface area contributed by atoms with E-state index in [1.165, 1.54) is 0 Å². The van der Waals surface area contributed by atoms with Crippen molar-refractivity contribution >= 4 is 11.8 Å². The first-order valence-electron chi connectivity index (χ1n) is 7.27. The van der Waals surface area contributed by atoms with E-state index in [0.29, 0.717) is 6.54 Å². The minimum atomic E-state index is -0.498. The Balaban J connectivity index is 0.00000441. The fraction of sp³-hybridized carbons (Fsp3) is 0.588. The maximum absolute atomic E-state index is 11.5. The molecule has 1 amide bonds. The first-order valence-corrected chi connectivity index (χ1v) is 7.27. The van der Waals surface area contributed by atoms with Crippen molar-refractivity contribution in [3.8, 4) is 0 Å². The van der Waals surface area contributed by atoms with Gasteiger partial charge in [-0.05, 0) is 38.5 Å². The van der Waals surface area contributed by atoms with Gasteiger partial charge in [0.05, 0.1) is 0 Å². The standard InChI is InChI=1S/C17H28N2O2.V/c1-16(2,3)12-18-15(20)21-11-13-7-9-14(10-8-13)19-17(4,5)6;/h7-10,19H,11-12H2,1-6H3,(H,18,20);/p-1. The molecule has 0 aliphatic carbocycles. The van der Waals surface area contributed by atoms with Gasteiger partial charge in [0, 0.05) is 29.8 Å². The zero-order valence-corrected chi connectivity index (χ0v) is 15.8. The molecular formula is C17H27N2O2V-. The van der Waals surface area contributed by atoms with Crippen LogP contribution < -0.4 is 5.32 Å². The minimum Gasteiger partial charge on any atom is -0.617 e. The molecule has 22 heavy (non-hydrogen) atoms. The minimum absolute atomic E-state index is 0. The van der Waals surface area contributed by atoms with E-state index >= 15 is 0 Å². The molecule has 0 saturated carbocycles. The van der Waals surface area contributed by atoms with E-state index in [-0.39, 0.29) is 36.1 Å². The van der Waals surface area contributed by atoms with Crippen LogP contribution in [0.3, 0.4) is 0 Å². The van der Waals surface area contributed by atoms with Crippen molar-refractivity contribution in [2.45, 2.75) is 53.7 Å². The molecule has 0 heterocycles. The molecule has 4 nitrogen and oxygen atoms in total. The normalized spacial score (nSPS) is 11.4. The second kappa shape index (κ2) is 8.49.